The van der Waals surface area contributed by atoms with Gasteiger partial charge in [0.1, 0.15) is 12.4 Å². The number of aromatic nitrogens is 4. The van der Waals surface area contributed by atoms with Gasteiger partial charge in [-0.3, -0.25) is 9.48 Å². The van der Waals surface area contributed by atoms with Crippen LogP contribution in [0.2, 0.25) is 0 Å². The maximum Gasteiger partial charge on any atom is 0.271 e. The molecule has 20 heavy (non-hydrogen) atoms. The minimum Gasteiger partial charge on any atom is -0.362 e. The highest BCUT2D eigenvalue weighted by Crippen LogP contribution is 1.98. The smallest absolute Gasteiger partial charge is 0.271 e. The molecule has 0 fully saturated rings. The molecular weight excluding hydrogens is 258 g/mol. The van der Waals surface area contributed by atoms with Crippen molar-refractivity contribution in [1.82, 2.24) is 24.9 Å². The summed E-state index contributed by atoms with van der Waals surface area (Å²) in [5, 5.41) is 11.1. The molecule has 1 N–H and O–H groups in total. The van der Waals surface area contributed by atoms with Crippen molar-refractivity contribution in [3.8, 4) is 0 Å². The van der Waals surface area contributed by atoms with Crippen molar-refractivity contribution >= 4 is 5.91 Å². The summed E-state index contributed by atoms with van der Waals surface area (Å²) in [5.41, 5.74) is 1.52. The van der Waals surface area contributed by atoms with Gasteiger partial charge in [0.25, 0.3) is 5.91 Å². The van der Waals surface area contributed by atoms with Gasteiger partial charge in [0.15, 0.2) is 0 Å². The van der Waals surface area contributed by atoms with Crippen LogP contribution in [0.5, 0.6) is 0 Å². The summed E-state index contributed by atoms with van der Waals surface area (Å²) in [6, 6.07) is 3.63. The number of amides is 1. The largest absolute Gasteiger partial charge is 0.362 e. The summed E-state index contributed by atoms with van der Waals surface area (Å²) in [4.78, 5) is 11.8. The van der Waals surface area contributed by atoms with E-state index in [0.29, 0.717) is 19.0 Å². The third-order valence-electron chi connectivity index (χ3n) is 2.90. The molecule has 2 aromatic heterocycles. The van der Waals surface area contributed by atoms with Crippen LogP contribution in [0.4, 0.5) is 0 Å². The second kappa shape index (κ2) is 6.85. The van der Waals surface area contributed by atoms with E-state index in [4.69, 9.17) is 4.74 Å². The van der Waals surface area contributed by atoms with Crippen LogP contribution < -0.4 is 5.32 Å². The number of rotatable bonds is 7. The van der Waals surface area contributed by atoms with Gasteiger partial charge in [-0.25, -0.2) is 4.68 Å². The molecule has 7 heteroatoms. The highest BCUT2D eigenvalue weighted by Gasteiger charge is 2.08. The predicted octanol–water partition coefficient (Wildman–Crippen LogP) is 0.812. The number of aryl methyl sites for hydroxylation is 2. The quantitative estimate of drug-likeness (QED) is 0.760. The van der Waals surface area contributed by atoms with Crippen LogP contribution in [-0.4, -0.2) is 39.1 Å². The number of ether oxygens (including phenoxy) is 1. The van der Waals surface area contributed by atoms with Gasteiger partial charge in [-0.15, -0.1) is 0 Å². The molecule has 2 heterocycles. The van der Waals surface area contributed by atoms with Gasteiger partial charge in [0, 0.05) is 38.3 Å². The Bertz CT molecular complexity index is 561. The van der Waals surface area contributed by atoms with Crippen molar-refractivity contribution in [2.45, 2.75) is 26.6 Å². The summed E-state index contributed by atoms with van der Waals surface area (Å²) in [5.74, 6) is -0.169. The molecular formula is C13H19N5O2. The molecule has 0 radical (unpaired) electrons. The summed E-state index contributed by atoms with van der Waals surface area (Å²) >= 11 is 0. The van der Waals surface area contributed by atoms with Gasteiger partial charge in [0.2, 0.25) is 0 Å². The summed E-state index contributed by atoms with van der Waals surface area (Å²) in [6.45, 7) is 3.73. The van der Waals surface area contributed by atoms with E-state index in [1.54, 1.807) is 30.3 Å². The van der Waals surface area contributed by atoms with Crippen molar-refractivity contribution in [3.05, 3.63) is 35.9 Å². The van der Waals surface area contributed by atoms with Crippen molar-refractivity contribution in [3.63, 3.8) is 0 Å². The van der Waals surface area contributed by atoms with E-state index in [0.717, 1.165) is 18.7 Å². The average Bonchev–Trinajstić information content (AvgIpc) is 3.05. The number of nitrogens with zero attached hydrogens (tertiary/aromatic N) is 4. The van der Waals surface area contributed by atoms with Crippen LogP contribution in [0.1, 0.15) is 22.6 Å². The average molecular weight is 277 g/mol. The van der Waals surface area contributed by atoms with Gasteiger partial charge in [0.05, 0.1) is 0 Å². The second-order valence-electron chi connectivity index (χ2n) is 4.46. The fraction of sp³-hybridized carbons (Fsp3) is 0.462. The SMILES string of the molecule is COCn1ccc(C(=O)NCCCn2nccc2C)n1. The molecule has 7 nitrogen and oxygen atoms in total. The number of hydrogen-bond acceptors (Lipinski definition) is 4. The monoisotopic (exact) mass is 277 g/mol. The Morgan fingerprint density at radius 3 is 3.00 bits per heavy atom. The van der Waals surface area contributed by atoms with Gasteiger partial charge in [-0.05, 0) is 25.5 Å². The third-order valence-corrected chi connectivity index (χ3v) is 2.90. The van der Waals surface area contributed by atoms with Crippen LogP contribution in [0, 0.1) is 6.92 Å². The fourth-order valence-corrected chi connectivity index (χ4v) is 1.84. The van der Waals surface area contributed by atoms with Crippen molar-refractivity contribution in [1.29, 1.82) is 0 Å². The van der Waals surface area contributed by atoms with Gasteiger partial charge in [-0.1, -0.05) is 0 Å². The Balaban J connectivity index is 1.73. The molecule has 0 aliphatic carbocycles. The van der Waals surface area contributed by atoms with Gasteiger partial charge >= 0.3 is 0 Å². The zero-order chi connectivity index (χ0) is 14.4. The number of carbonyl (C=O) groups is 1. The minimum atomic E-state index is -0.169. The molecule has 0 saturated heterocycles. The molecule has 2 rings (SSSR count). The molecule has 0 atom stereocenters. The molecule has 0 aliphatic rings. The molecule has 2 aromatic rings. The summed E-state index contributed by atoms with van der Waals surface area (Å²) < 4.78 is 8.42. The van der Waals surface area contributed by atoms with E-state index >= 15 is 0 Å². The first-order valence-electron chi connectivity index (χ1n) is 6.49. The summed E-state index contributed by atoms with van der Waals surface area (Å²) in [6.07, 6.45) is 4.31. The van der Waals surface area contributed by atoms with Crippen LogP contribution in [0.15, 0.2) is 24.5 Å². The topological polar surface area (TPSA) is 74.0 Å². The predicted molar refractivity (Wildman–Crippen MR) is 73.2 cm³/mol. The van der Waals surface area contributed by atoms with Crippen LogP contribution in [-0.2, 0) is 18.0 Å². The summed E-state index contributed by atoms with van der Waals surface area (Å²) in [7, 11) is 1.58. The molecule has 108 valence electrons. The van der Waals surface area contributed by atoms with Crippen molar-refractivity contribution in [2.24, 2.45) is 0 Å². The van der Waals surface area contributed by atoms with Crippen LogP contribution >= 0.6 is 0 Å². The van der Waals surface area contributed by atoms with Crippen LogP contribution in [0.3, 0.4) is 0 Å². The Morgan fingerprint density at radius 1 is 1.45 bits per heavy atom. The van der Waals surface area contributed by atoms with E-state index in [2.05, 4.69) is 15.5 Å². The zero-order valence-corrected chi connectivity index (χ0v) is 11.7. The molecule has 0 aliphatic heterocycles. The Morgan fingerprint density at radius 2 is 2.30 bits per heavy atom. The van der Waals surface area contributed by atoms with E-state index in [9.17, 15) is 4.79 Å². The number of methoxy groups -OCH3 is 1. The second-order valence-corrected chi connectivity index (χ2v) is 4.46. The lowest BCUT2D eigenvalue weighted by molar-refractivity contribution is 0.0939. The lowest BCUT2D eigenvalue weighted by Crippen LogP contribution is -2.26. The van der Waals surface area contributed by atoms with E-state index < -0.39 is 0 Å². The highest BCUT2D eigenvalue weighted by molar-refractivity contribution is 5.92. The van der Waals surface area contributed by atoms with E-state index in [1.165, 1.54) is 0 Å². The Kier molecular flexibility index (Phi) is 4.89. The van der Waals surface area contributed by atoms with E-state index in [-0.39, 0.29) is 5.91 Å². The highest BCUT2D eigenvalue weighted by atomic mass is 16.5. The molecule has 0 unspecified atom stereocenters. The normalized spacial score (nSPS) is 10.7. The minimum absolute atomic E-state index is 0.169. The van der Waals surface area contributed by atoms with Crippen LogP contribution in [0.25, 0.3) is 0 Å². The molecule has 0 saturated carbocycles. The first-order chi connectivity index (χ1) is 9.70. The molecule has 0 bridgehead atoms. The maximum absolute atomic E-state index is 11.8. The molecule has 1 amide bonds. The first-order valence-corrected chi connectivity index (χ1v) is 6.49. The van der Waals surface area contributed by atoms with E-state index in [1.807, 2.05) is 17.7 Å². The Hall–Kier alpha value is -2.15. The van der Waals surface area contributed by atoms with Gasteiger partial charge in [-0.2, -0.15) is 10.2 Å². The third kappa shape index (κ3) is 3.67. The molecule has 0 spiro atoms. The number of hydrogen-bond donors (Lipinski definition) is 1. The Labute approximate surface area is 117 Å². The first kappa shape index (κ1) is 14.3. The van der Waals surface area contributed by atoms with Crippen molar-refractivity contribution < 1.29 is 9.53 Å². The lowest BCUT2D eigenvalue weighted by Gasteiger charge is -2.05. The zero-order valence-electron chi connectivity index (χ0n) is 11.7. The lowest BCUT2D eigenvalue weighted by atomic mass is 10.3. The number of carbonyl (C=O) groups excluding carboxylic acids is 1. The number of nitrogens with one attached hydrogen (secondary N) is 1. The van der Waals surface area contributed by atoms with Crippen molar-refractivity contribution in [2.75, 3.05) is 13.7 Å². The van der Waals surface area contributed by atoms with Gasteiger partial charge < -0.3 is 10.1 Å². The fourth-order valence-electron chi connectivity index (χ4n) is 1.84. The molecule has 0 aromatic carbocycles. The maximum atomic E-state index is 11.8. The standard InChI is InChI=1S/C13H19N5O2/c1-11-4-7-15-18(11)8-3-6-14-13(19)12-5-9-17(16-12)10-20-2/h4-5,7,9H,3,6,8,10H2,1-2H3,(H,14,19).